The van der Waals surface area contributed by atoms with Gasteiger partial charge in [0.05, 0.1) is 11.5 Å². The van der Waals surface area contributed by atoms with Crippen molar-refractivity contribution < 1.29 is 9.53 Å². The van der Waals surface area contributed by atoms with Crippen LogP contribution in [0.3, 0.4) is 0 Å². The summed E-state index contributed by atoms with van der Waals surface area (Å²) in [7, 11) is 0. The second kappa shape index (κ2) is 5.36. The highest BCUT2D eigenvalue weighted by molar-refractivity contribution is 5.75. The van der Waals surface area contributed by atoms with Crippen LogP contribution in [0, 0.1) is 5.92 Å². The Morgan fingerprint density at radius 1 is 1.27 bits per heavy atom. The molecule has 0 unspecified atom stereocenters. The van der Waals surface area contributed by atoms with Crippen LogP contribution in [0.2, 0.25) is 0 Å². The Labute approximate surface area is 132 Å². The Hall–Kier alpha value is -1.39. The smallest absolute Gasteiger partial charge is 0.311 e. The molecule has 4 atom stereocenters. The summed E-state index contributed by atoms with van der Waals surface area (Å²) in [6.45, 7) is 5.74. The summed E-state index contributed by atoms with van der Waals surface area (Å²) in [6, 6.07) is 10.5. The molecule has 0 radical (unpaired) electrons. The van der Waals surface area contributed by atoms with Gasteiger partial charge in [0.2, 0.25) is 0 Å². The van der Waals surface area contributed by atoms with Crippen molar-refractivity contribution in [2.24, 2.45) is 11.7 Å². The maximum atomic E-state index is 12.6. The van der Waals surface area contributed by atoms with E-state index in [1.165, 1.54) is 5.56 Å². The van der Waals surface area contributed by atoms with Crippen molar-refractivity contribution in [2.45, 2.75) is 63.3 Å². The molecule has 0 aromatic heterocycles. The van der Waals surface area contributed by atoms with E-state index in [9.17, 15) is 4.79 Å². The fourth-order valence-corrected chi connectivity index (χ4v) is 3.89. The molecule has 2 fully saturated rings. The highest BCUT2D eigenvalue weighted by Gasteiger charge is 2.55. The highest BCUT2D eigenvalue weighted by Crippen LogP contribution is 2.45. The number of carbonyl (C=O) groups excluding carboxylic acids is 1. The van der Waals surface area contributed by atoms with Crippen LogP contribution in [-0.4, -0.2) is 23.7 Å². The lowest BCUT2D eigenvalue weighted by Crippen LogP contribution is -2.57. The minimum atomic E-state index is -0.449. The second-order valence-corrected chi connectivity index (χ2v) is 7.62. The molecule has 2 heterocycles. The Morgan fingerprint density at radius 2 is 1.95 bits per heavy atom. The van der Waals surface area contributed by atoms with Gasteiger partial charge in [-0.1, -0.05) is 30.3 Å². The summed E-state index contributed by atoms with van der Waals surface area (Å²) in [6.07, 6.45) is 2.59. The second-order valence-electron chi connectivity index (χ2n) is 7.62. The number of ether oxygens (including phenoxy) is 1. The molecule has 3 N–H and O–H groups in total. The number of rotatable bonds is 2. The van der Waals surface area contributed by atoms with Crippen molar-refractivity contribution in [3.63, 3.8) is 0 Å². The predicted octanol–water partition coefficient (Wildman–Crippen LogP) is 2.32. The molecule has 4 heteroatoms. The zero-order valence-electron chi connectivity index (χ0n) is 13.6. The first-order chi connectivity index (χ1) is 10.3. The lowest BCUT2D eigenvalue weighted by atomic mass is 9.79. The van der Waals surface area contributed by atoms with Crippen molar-refractivity contribution in [2.75, 3.05) is 0 Å². The number of benzene rings is 1. The molecular formula is C18H26N2O2. The van der Waals surface area contributed by atoms with Gasteiger partial charge in [-0.3, -0.25) is 4.79 Å². The van der Waals surface area contributed by atoms with Gasteiger partial charge in [-0.2, -0.15) is 0 Å². The molecule has 0 amide bonds. The summed E-state index contributed by atoms with van der Waals surface area (Å²) in [5, 5.41) is 3.66. The average molecular weight is 302 g/mol. The maximum absolute atomic E-state index is 12.6. The number of hydrogen-bond donors (Lipinski definition) is 2. The van der Waals surface area contributed by atoms with Crippen LogP contribution in [0.5, 0.6) is 0 Å². The van der Waals surface area contributed by atoms with Crippen molar-refractivity contribution in [3.05, 3.63) is 35.9 Å². The number of hydrogen-bond acceptors (Lipinski definition) is 4. The Bertz CT molecular complexity index is 552. The third kappa shape index (κ3) is 2.66. The fraction of sp³-hybridized carbons (Fsp3) is 0.611. The summed E-state index contributed by atoms with van der Waals surface area (Å²) in [5.41, 5.74) is 6.89. The van der Waals surface area contributed by atoms with E-state index >= 15 is 0 Å². The van der Waals surface area contributed by atoms with E-state index in [1.807, 2.05) is 39.0 Å². The highest BCUT2D eigenvalue weighted by atomic mass is 16.6. The van der Waals surface area contributed by atoms with Crippen LogP contribution in [0.1, 0.15) is 45.6 Å². The van der Waals surface area contributed by atoms with Gasteiger partial charge in [0, 0.05) is 12.1 Å². The van der Waals surface area contributed by atoms with E-state index in [1.54, 1.807) is 0 Å². The first-order valence-electron chi connectivity index (χ1n) is 8.13. The first kappa shape index (κ1) is 15.5. The first-order valence-corrected chi connectivity index (χ1v) is 8.13. The molecule has 4 nitrogen and oxygen atoms in total. The maximum Gasteiger partial charge on any atom is 0.311 e. The van der Waals surface area contributed by atoms with E-state index in [2.05, 4.69) is 17.4 Å². The van der Waals surface area contributed by atoms with Crippen LogP contribution in [0.25, 0.3) is 0 Å². The molecule has 0 saturated carbocycles. The molecule has 1 aromatic rings. The van der Waals surface area contributed by atoms with Gasteiger partial charge in [-0.25, -0.2) is 0 Å². The number of piperidine rings is 1. The van der Waals surface area contributed by atoms with E-state index < -0.39 is 5.60 Å². The minimum absolute atomic E-state index is 0.0265. The van der Waals surface area contributed by atoms with Crippen LogP contribution in [0.15, 0.2) is 30.3 Å². The van der Waals surface area contributed by atoms with Crippen molar-refractivity contribution >= 4 is 5.97 Å². The molecule has 120 valence electrons. The molecule has 22 heavy (non-hydrogen) atoms. The number of carbonyl (C=O) groups is 1. The molecule has 2 saturated heterocycles. The minimum Gasteiger partial charge on any atom is -0.460 e. The lowest BCUT2D eigenvalue weighted by molar-refractivity contribution is -0.160. The largest absolute Gasteiger partial charge is 0.460 e. The lowest BCUT2D eigenvalue weighted by Gasteiger charge is -2.40. The molecule has 2 aliphatic heterocycles. The summed E-state index contributed by atoms with van der Waals surface area (Å²) >= 11 is 0. The van der Waals surface area contributed by atoms with Gasteiger partial charge in [-0.15, -0.1) is 0 Å². The molecule has 3 rings (SSSR count). The SMILES string of the molecule is CC(C)(C)OC(=O)[C@@H]1C[C@]2(c3ccccc3)N[C@H]1CC[C@H]2N. The standard InChI is InChI=1S/C18H26N2O2/c1-17(2,3)22-16(21)13-11-18(12-7-5-4-6-8-12)15(19)10-9-14(13)20-18/h4-8,13-15,20H,9-11,19H2,1-3H3/t13-,14+,15-,18-/m1/s1. The third-order valence-corrected chi connectivity index (χ3v) is 4.89. The Kier molecular flexibility index (Phi) is 3.77. The molecule has 2 bridgehead atoms. The molecule has 2 aliphatic rings. The number of esters is 1. The van der Waals surface area contributed by atoms with Gasteiger partial charge in [0.1, 0.15) is 5.60 Å². The van der Waals surface area contributed by atoms with E-state index in [-0.39, 0.29) is 29.5 Å². The fourth-order valence-electron chi connectivity index (χ4n) is 3.89. The molecule has 0 spiro atoms. The van der Waals surface area contributed by atoms with Crippen molar-refractivity contribution in [3.8, 4) is 0 Å². The topological polar surface area (TPSA) is 64.3 Å². The van der Waals surface area contributed by atoms with Gasteiger partial charge in [0.25, 0.3) is 0 Å². The number of nitrogens with one attached hydrogen (secondary N) is 1. The average Bonchev–Trinajstić information content (AvgIpc) is 2.79. The third-order valence-electron chi connectivity index (χ3n) is 4.89. The number of nitrogens with two attached hydrogens (primary N) is 1. The van der Waals surface area contributed by atoms with Crippen molar-refractivity contribution in [1.29, 1.82) is 0 Å². The Morgan fingerprint density at radius 3 is 2.59 bits per heavy atom. The van der Waals surface area contributed by atoms with Crippen molar-refractivity contribution in [1.82, 2.24) is 5.32 Å². The van der Waals surface area contributed by atoms with Crippen LogP contribution >= 0.6 is 0 Å². The summed E-state index contributed by atoms with van der Waals surface area (Å²) in [4.78, 5) is 12.6. The number of fused-ring (bicyclic) bond motifs is 2. The van der Waals surface area contributed by atoms with Crippen LogP contribution < -0.4 is 11.1 Å². The zero-order chi connectivity index (χ0) is 16.0. The quantitative estimate of drug-likeness (QED) is 0.823. The van der Waals surface area contributed by atoms with E-state index in [0.29, 0.717) is 0 Å². The van der Waals surface area contributed by atoms with Crippen LogP contribution in [-0.2, 0) is 15.1 Å². The molecule has 1 aromatic carbocycles. The predicted molar refractivity (Wildman–Crippen MR) is 86.2 cm³/mol. The van der Waals surface area contributed by atoms with Gasteiger partial charge >= 0.3 is 5.97 Å². The summed E-state index contributed by atoms with van der Waals surface area (Å²) < 4.78 is 5.63. The van der Waals surface area contributed by atoms with Gasteiger partial charge in [-0.05, 0) is 45.6 Å². The molecular weight excluding hydrogens is 276 g/mol. The van der Waals surface area contributed by atoms with Gasteiger partial charge in [0.15, 0.2) is 0 Å². The van der Waals surface area contributed by atoms with Gasteiger partial charge < -0.3 is 15.8 Å². The van der Waals surface area contributed by atoms with Crippen LogP contribution in [0.4, 0.5) is 0 Å². The van der Waals surface area contributed by atoms with E-state index in [0.717, 1.165) is 19.3 Å². The normalized spacial score (nSPS) is 34.5. The Balaban J connectivity index is 1.88. The zero-order valence-corrected chi connectivity index (χ0v) is 13.6. The molecule has 0 aliphatic carbocycles. The van der Waals surface area contributed by atoms with E-state index in [4.69, 9.17) is 10.5 Å². The summed E-state index contributed by atoms with van der Waals surface area (Å²) in [5.74, 6) is -0.218. The monoisotopic (exact) mass is 302 g/mol.